The van der Waals surface area contributed by atoms with Gasteiger partial charge in [-0.05, 0) is 67.9 Å². The van der Waals surface area contributed by atoms with Crippen LogP contribution < -0.4 is 9.62 Å². The largest absolute Gasteiger partial charge is 0.339 e. The Morgan fingerprint density at radius 1 is 0.886 bits per heavy atom. The van der Waals surface area contributed by atoms with E-state index in [1.807, 2.05) is 13.8 Å². The van der Waals surface area contributed by atoms with Gasteiger partial charge in [-0.2, -0.15) is 0 Å². The first-order chi connectivity index (χ1) is 16.6. The summed E-state index contributed by atoms with van der Waals surface area (Å²) in [6.45, 7) is 4.90. The topological polar surface area (TPSA) is 86.8 Å². The molecule has 0 unspecified atom stereocenters. The Bertz CT molecular complexity index is 1290. The Labute approximate surface area is 205 Å². The maximum Gasteiger partial charge on any atom is 0.255 e. The fourth-order valence-corrected chi connectivity index (χ4v) is 4.48. The van der Waals surface area contributed by atoms with E-state index in [1.54, 1.807) is 29.2 Å². The molecule has 0 aromatic heterocycles. The molecule has 0 aliphatic heterocycles. The second kappa shape index (κ2) is 11.1. The second-order valence-electron chi connectivity index (χ2n) is 7.92. The van der Waals surface area contributed by atoms with Crippen LogP contribution in [0.15, 0.2) is 72.8 Å². The number of nitrogens with one attached hydrogen (secondary N) is 1. The summed E-state index contributed by atoms with van der Waals surface area (Å²) in [7, 11) is -3.64. The molecule has 184 valence electrons. The van der Waals surface area contributed by atoms with E-state index in [0.29, 0.717) is 41.2 Å². The van der Waals surface area contributed by atoms with E-state index in [4.69, 9.17) is 0 Å². The van der Waals surface area contributed by atoms with Gasteiger partial charge >= 0.3 is 0 Å². The summed E-state index contributed by atoms with van der Waals surface area (Å²) in [5.74, 6) is -1.01. The molecule has 3 aromatic rings. The van der Waals surface area contributed by atoms with Gasteiger partial charge in [-0.3, -0.25) is 13.9 Å². The van der Waals surface area contributed by atoms with E-state index in [0.717, 1.165) is 6.26 Å². The minimum Gasteiger partial charge on any atom is -0.339 e. The average molecular weight is 498 g/mol. The number of carbonyl (C=O) groups excluding carboxylic acids is 2. The summed E-state index contributed by atoms with van der Waals surface area (Å²) in [6, 6.07) is 18.5. The van der Waals surface area contributed by atoms with Gasteiger partial charge in [-0.1, -0.05) is 24.3 Å². The van der Waals surface area contributed by atoms with Crippen molar-refractivity contribution < 1.29 is 22.4 Å². The van der Waals surface area contributed by atoms with Crippen molar-refractivity contribution in [3.63, 3.8) is 0 Å². The highest BCUT2D eigenvalue weighted by Gasteiger charge is 2.20. The molecule has 3 rings (SSSR count). The van der Waals surface area contributed by atoms with Crippen molar-refractivity contribution in [3.8, 4) is 0 Å². The number of benzene rings is 3. The third-order valence-electron chi connectivity index (χ3n) is 5.51. The first-order valence-electron chi connectivity index (χ1n) is 11.2. The van der Waals surface area contributed by atoms with Crippen molar-refractivity contribution in [3.05, 3.63) is 95.3 Å². The molecule has 0 atom stereocenters. The molecule has 0 radical (unpaired) electrons. The molecular weight excluding hydrogens is 469 g/mol. The number of anilines is 2. The van der Waals surface area contributed by atoms with Gasteiger partial charge in [0.25, 0.3) is 11.8 Å². The number of rotatable bonds is 9. The van der Waals surface area contributed by atoms with Crippen molar-refractivity contribution in [1.29, 1.82) is 0 Å². The normalized spacial score (nSPS) is 11.1. The number of sulfonamides is 1. The molecule has 3 aromatic carbocycles. The van der Waals surface area contributed by atoms with Crippen LogP contribution in [-0.2, 0) is 16.6 Å². The first-order valence-corrected chi connectivity index (χ1v) is 13.0. The Hall–Kier alpha value is -3.72. The molecule has 0 fully saturated rings. The van der Waals surface area contributed by atoms with Gasteiger partial charge in [0.1, 0.15) is 5.82 Å². The van der Waals surface area contributed by atoms with E-state index in [1.165, 1.54) is 52.8 Å². The molecule has 0 heterocycles. The van der Waals surface area contributed by atoms with E-state index >= 15 is 0 Å². The Morgan fingerprint density at radius 3 is 2.06 bits per heavy atom. The van der Waals surface area contributed by atoms with Crippen LogP contribution in [0.5, 0.6) is 0 Å². The van der Waals surface area contributed by atoms with Gasteiger partial charge in [0.2, 0.25) is 10.0 Å². The molecule has 0 spiro atoms. The lowest BCUT2D eigenvalue weighted by molar-refractivity contribution is 0.0774. The predicted octanol–water partition coefficient (Wildman–Crippen LogP) is 4.53. The molecule has 0 saturated heterocycles. The van der Waals surface area contributed by atoms with Gasteiger partial charge in [0.05, 0.1) is 29.7 Å². The third kappa shape index (κ3) is 6.45. The molecular formula is C26H28FN3O4S. The number of amides is 2. The molecule has 2 amide bonds. The number of carbonyl (C=O) groups is 2. The number of para-hydroxylation sites is 1. The quantitative estimate of drug-likeness (QED) is 0.471. The minimum atomic E-state index is -3.64. The maximum absolute atomic E-state index is 13.2. The van der Waals surface area contributed by atoms with Crippen molar-refractivity contribution in [2.45, 2.75) is 20.4 Å². The van der Waals surface area contributed by atoms with Gasteiger partial charge < -0.3 is 10.2 Å². The highest BCUT2D eigenvalue weighted by atomic mass is 32.2. The number of hydrogen-bond donors (Lipinski definition) is 1. The summed E-state index contributed by atoms with van der Waals surface area (Å²) in [6.07, 6.45) is 1.08. The standard InChI is InChI=1S/C26H28FN3O4S/c1-4-29(5-2)26(32)23-8-6-7-9-24(23)28-25(31)20-12-16-22(17-13-20)30(35(3,33)34)18-19-10-14-21(27)15-11-19/h6-17H,4-5,18H2,1-3H3,(H,28,31). The fraction of sp³-hybridized carbons (Fsp3) is 0.231. The fourth-order valence-electron chi connectivity index (χ4n) is 3.59. The summed E-state index contributed by atoms with van der Waals surface area (Å²) >= 11 is 0. The smallest absolute Gasteiger partial charge is 0.255 e. The summed E-state index contributed by atoms with van der Waals surface area (Å²) in [5, 5.41) is 2.78. The molecule has 9 heteroatoms. The lowest BCUT2D eigenvalue weighted by Crippen LogP contribution is -2.31. The van der Waals surface area contributed by atoms with E-state index in [9.17, 15) is 22.4 Å². The molecule has 0 aliphatic rings. The SMILES string of the molecule is CCN(CC)C(=O)c1ccccc1NC(=O)c1ccc(N(Cc2ccc(F)cc2)S(C)(=O)=O)cc1. The van der Waals surface area contributed by atoms with Gasteiger partial charge in [-0.25, -0.2) is 12.8 Å². The maximum atomic E-state index is 13.2. The zero-order valence-electron chi connectivity index (χ0n) is 19.9. The number of hydrogen-bond acceptors (Lipinski definition) is 4. The molecule has 0 saturated carbocycles. The van der Waals surface area contributed by atoms with Crippen molar-refractivity contribution >= 4 is 33.2 Å². The van der Waals surface area contributed by atoms with Crippen LogP contribution in [0, 0.1) is 5.82 Å². The minimum absolute atomic E-state index is 0.0193. The zero-order valence-corrected chi connectivity index (χ0v) is 20.7. The van der Waals surface area contributed by atoms with Crippen molar-refractivity contribution in [2.24, 2.45) is 0 Å². The molecule has 35 heavy (non-hydrogen) atoms. The number of halogens is 1. The summed E-state index contributed by atoms with van der Waals surface area (Å²) in [5.41, 5.74) is 2.07. The Balaban J connectivity index is 1.81. The molecule has 0 bridgehead atoms. The van der Waals surface area contributed by atoms with E-state index in [-0.39, 0.29) is 12.5 Å². The van der Waals surface area contributed by atoms with Crippen LogP contribution in [0.3, 0.4) is 0 Å². The molecule has 1 N–H and O–H groups in total. The van der Waals surface area contributed by atoms with Crippen LogP contribution in [0.4, 0.5) is 15.8 Å². The van der Waals surface area contributed by atoms with Crippen LogP contribution in [0.25, 0.3) is 0 Å². The lowest BCUT2D eigenvalue weighted by atomic mass is 10.1. The molecule has 7 nitrogen and oxygen atoms in total. The van der Waals surface area contributed by atoms with Crippen LogP contribution >= 0.6 is 0 Å². The van der Waals surface area contributed by atoms with Crippen molar-refractivity contribution in [2.75, 3.05) is 29.0 Å². The lowest BCUT2D eigenvalue weighted by Gasteiger charge is -2.23. The van der Waals surface area contributed by atoms with Crippen molar-refractivity contribution in [1.82, 2.24) is 4.90 Å². The van der Waals surface area contributed by atoms with Gasteiger partial charge in [0, 0.05) is 18.7 Å². The highest BCUT2D eigenvalue weighted by Crippen LogP contribution is 2.23. The molecule has 0 aliphatic carbocycles. The van der Waals surface area contributed by atoms with Crippen LogP contribution in [0.2, 0.25) is 0 Å². The third-order valence-corrected chi connectivity index (χ3v) is 6.65. The zero-order chi connectivity index (χ0) is 25.6. The monoisotopic (exact) mass is 497 g/mol. The average Bonchev–Trinajstić information content (AvgIpc) is 2.84. The van der Waals surface area contributed by atoms with Crippen LogP contribution in [0.1, 0.15) is 40.1 Å². The number of nitrogens with zero attached hydrogens (tertiary/aromatic N) is 2. The van der Waals surface area contributed by atoms with Gasteiger partial charge in [0.15, 0.2) is 0 Å². The summed E-state index contributed by atoms with van der Waals surface area (Å²) < 4.78 is 39.2. The van der Waals surface area contributed by atoms with E-state index < -0.39 is 21.7 Å². The predicted molar refractivity (Wildman–Crippen MR) is 136 cm³/mol. The Kier molecular flexibility index (Phi) is 8.24. The van der Waals surface area contributed by atoms with Crippen LogP contribution in [-0.4, -0.2) is 44.5 Å². The summed E-state index contributed by atoms with van der Waals surface area (Å²) in [4.78, 5) is 27.4. The Morgan fingerprint density at radius 2 is 1.49 bits per heavy atom. The first kappa shape index (κ1) is 25.9. The highest BCUT2D eigenvalue weighted by molar-refractivity contribution is 7.92. The van der Waals surface area contributed by atoms with E-state index in [2.05, 4.69) is 5.32 Å². The second-order valence-corrected chi connectivity index (χ2v) is 9.83. The van der Waals surface area contributed by atoms with Gasteiger partial charge in [-0.15, -0.1) is 0 Å².